The molecule has 1 aromatic rings. The van der Waals surface area contributed by atoms with Crippen LogP contribution in [0.25, 0.3) is 0 Å². The summed E-state index contributed by atoms with van der Waals surface area (Å²) in [6.07, 6.45) is 0. The first-order chi connectivity index (χ1) is 10.4. The van der Waals surface area contributed by atoms with Crippen molar-refractivity contribution in [1.29, 1.82) is 0 Å². The molecule has 9 heteroatoms. The predicted octanol–water partition coefficient (Wildman–Crippen LogP) is 1.22. The van der Waals surface area contributed by atoms with Gasteiger partial charge >= 0.3 is 19.5 Å². The van der Waals surface area contributed by atoms with E-state index in [1.165, 1.54) is 0 Å². The molecular weight excluding hydrogens is 313 g/mol. The summed E-state index contributed by atoms with van der Waals surface area (Å²) in [6, 6.07) is 9.00. The summed E-state index contributed by atoms with van der Waals surface area (Å²) in [7, 11) is -1.77. The van der Waals surface area contributed by atoms with E-state index in [9.17, 15) is 14.2 Å². The molecule has 22 heavy (non-hydrogen) atoms. The molecule has 0 aliphatic carbocycles. The van der Waals surface area contributed by atoms with Gasteiger partial charge in [0.2, 0.25) is 5.78 Å². The van der Waals surface area contributed by atoms with Crippen molar-refractivity contribution < 1.29 is 33.0 Å². The summed E-state index contributed by atoms with van der Waals surface area (Å²) in [6.45, 7) is -0.383. The average Bonchev–Trinajstić information content (AvgIpc) is 2.53. The Morgan fingerprint density at radius 3 is 2.32 bits per heavy atom. The van der Waals surface area contributed by atoms with E-state index in [-0.39, 0.29) is 6.61 Å². The van der Waals surface area contributed by atoms with Gasteiger partial charge in [0, 0.05) is 14.2 Å². The molecule has 122 valence electrons. The summed E-state index contributed by atoms with van der Waals surface area (Å²) in [5.41, 5.74) is 0.796. The Labute approximate surface area is 127 Å². The molecule has 0 bridgehead atoms. The lowest BCUT2D eigenvalue weighted by Crippen LogP contribution is -2.40. The van der Waals surface area contributed by atoms with E-state index in [0.717, 1.165) is 19.8 Å². The van der Waals surface area contributed by atoms with Crippen LogP contribution in [0.1, 0.15) is 5.56 Å². The van der Waals surface area contributed by atoms with Crippen molar-refractivity contribution in [3.8, 4) is 0 Å². The lowest BCUT2D eigenvalue weighted by atomic mass is 10.2. The van der Waals surface area contributed by atoms with Crippen LogP contribution in [0.2, 0.25) is 0 Å². The number of nitrogens with one attached hydrogen (secondary N) is 1. The summed E-state index contributed by atoms with van der Waals surface area (Å²) in [5, 5.41) is 11.4. The van der Waals surface area contributed by atoms with Gasteiger partial charge in [0.05, 0.1) is 6.54 Å². The minimum absolute atomic E-state index is 0.0608. The molecule has 2 N–H and O–H groups in total. The minimum Gasteiger partial charge on any atom is -0.480 e. The first-order valence-electron chi connectivity index (χ1n) is 6.30. The second-order valence-corrected chi connectivity index (χ2v) is 6.50. The highest BCUT2D eigenvalue weighted by Crippen LogP contribution is 2.50. The number of rotatable bonds is 9. The number of ether oxygens (including phenoxy) is 1. The third-order valence-corrected chi connectivity index (χ3v) is 4.80. The van der Waals surface area contributed by atoms with Crippen molar-refractivity contribution in [2.24, 2.45) is 0 Å². The molecule has 1 aromatic carbocycles. The maximum Gasteiger partial charge on any atom is 0.358 e. The normalized spacial score (nSPS) is 12.6. The zero-order valence-corrected chi connectivity index (χ0v) is 13.1. The summed E-state index contributed by atoms with van der Waals surface area (Å²) >= 11 is 0. The number of aliphatic carboxylic acids is 1. The van der Waals surface area contributed by atoms with Gasteiger partial charge < -0.3 is 18.9 Å². The molecule has 1 rings (SSSR count). The molecule has 1 atom stereocenters. The minimum atomic E-state index is -3.90. The van der Waals surface area contributed by atoms with Crippen LogP contribution in [0.4, 0.5) is 0 Å². The lowest BCUT2D eigenvalue weighted by molar-refractivity contribution is -0.144. The quantitative estimate of drug-likeness (QED) is 0.513. The second-order valence-electron chi connectivity index (χ2n) is 4.17. The molecule has 0 saturated heterocycles. The van der Waals surface area contributed by atoms with Gasteiger partial charge in [-0.05, 0) is 5.56 Å². The summed E-state index contributed by atoms with van der Waals surface area (Å²) in [4.78, 5) is 22.7. The Hall–Kier alpha value is -1.73. The van der Waals surface area contributed by atoms with Crippen molar-refractivity contribution >= 4 is 19.5 Å². The fourth-order valence-electron chi connectivity index (χ4n) is 1.59. The smallest absolute Gasteiger partial charge is 0.358 e. The first-order valence-corrected chi connectivity index (χ1v) is 7.91. The third kappa shape index (κ3) is 5.23. The van der Waals surface area contributed by atoms with Gasteiger partial charge in [-0.25, -0.2) is 4.79 Å². The average molecular weight is 331 g/mol. The van der Waals surface area contributed by atoms with Crippen molar-refractivity contribution in [2.45, 2.75) is 12.4 Å². The van der Waals surface area contributed by atoms with Gasteiger partial charge in [-0.15, -0.1) is 0 Å². The van der Waals surface area contributed by atoms with Gasteiger partial charge in [-0.2, -0.15) is 0 Å². The van der Waals surface area contributed by atoms with Crippen molar-refractivity contribution in [3.05, 3.63) is 35.9 Å². The highest BCUT2D eigenvalue weighted by atomic mass is 31.2. The molecule has 0 heterocycles. The standard InChI is InChI=1S/C13H18NO7P/c1-19-22(18,20-2)12(13(16)17)14-8-11(15)21-9-10-6-4-3-5-7-10/h3-7,12,14H,8-9H2,1-2H3,(H,16,17). The van der Waals surface area contributed by atoms with E-state index in [2.05, 4.69) is 14.4 Å². The predicted molar refractivity (Wildman–Crippen MR) is 77.3 cm³/mol. The van der Waals surface area contributed by atoms with Crippen LogP contribution in [0.5, 0.6) is 0 Å². The van der Waals surface area contributed by atoms with Crippen LogP contribution in [-0.2, 0) is 34.5 Å². The maximum absolute atomic E-state index is 12.0. The zero-order valence-electron chi connectivity index (χ0n) is 12.2. The maximum atomic E-state index is 12.0. The fourth-order valence-corrected chi connectivity index (χ4v) is 2.74. The highest BCUT2D eigenvalue weighted by molar-refractivity contribution is 7.55. The molecule has 0 amide bonds. The van der Waals surface area contributed by atoms with Crippen LogP contribution >= 0.6 is 7.60 Å². The van der Waals surface area contributed by atoms with Crippen LogP contribution in [0.3, 0.4) is 0 Å². The monoisotopic (exact) mass is 331 g/mol. The lowest BCUT2D eigenvalue weighted by Gasteiger charge is -2.21. The van der Waals surface area contributed by atoms with Crippen molar-refractivity contribution in [2.75, 3.05) is 20.8 Å². The largest absolute Gasteiger partial charge is 0.480 e. The zero-order chi connectivity index (χ0) is 16.6. The number of carboxylic acid groups (broad SMARTS) is 1. The van der Waals surface area contributed by atoms with Gasteiger partial charge in [0.15, 0.2) is 0 Å². The highest BCUT2D eigenvalue weighted by Gasteiger charge is 2.40. The number of carboxylic acids is 1. The van der Waals surface area contributed by atoms with Gasteiger partial charge in [0.1, 0.15) is 6.61 Å². The van der Waals surface area contributed by atoms with E-state index in [4.69, 9.17) is 9.84 Å². The molecule has 0 aliphatic heterocycles. The SMILES string of the molecule is COP(=O)(OC)C(NCC(=O)OCc1ccccc1)C(=O)O. The Balaban J connectivity index is 2.53. The van der Waals surface area contributed by atoms with Crippen LogP contribution < -0.4 is 5.32 Å². The van der Waals surface area contributed by atoms with Gasteiger partial charge in [0.25, 0.3) is 0 Å². The third-order valence-electron chi connectivity index (χ3n) is 2.74. The fraction of sp³-hybridized carbons (Fsp3) is 0.385. The van der Waals surface area contributed by atoms with E-state index in [1.54, 1.807) is 24.3 Å². The number of esters is 1. The number of carbonyl (C=O) groups excluding carboxylic acids is 1. The van der Waals surface area contributed by atoms with E-state index in [0.29, 0.717) is 0 Å². The van der Waals surface area contributed by atoms with Gasteiger partial charge in [-0.3, -0.25) is 14.7 Å². The van der Waals surface area contributed by atoms with E-state index < -0.39 is 31.9 Å². The Morgan fingerprint density at radius 2 is 1.82 bits per heavy atom. The van der Waals surface area contributed by atoms with Crippen LogP contribution in [-0.4, -0.2) is 43.6 Å². The number of hydrogen-bond acceptors (Lipinski definition) is 7. The second kappa shape index (κ2) is 8.65. The first kappa shape index (κ1) is 18.3. The molecule has 8 nitrogen and oxygen atoms in total. The molecule has 0 radical (unpaired) electrons. The van der Waals surface area contributed by atoms with Crippen LogP contribution in [0.15, 0.2) is 30.3 Å². The van der Waals surface area contributed by atoms with Gasteiger partial charge in [-0.1, -0.05) is 30.3 Å². The molecule has 0 aliphatic rings. The molecule has 0 fully saturated rings. The van der Waals surface area contributed by atoms with Crippen molar-refractivity contribution in [1.82, 2.24) is 5.32 Å². The molecule has 1 unspecified atom stereocenters. The number of benzene rings is 1. The summed E-state index contributed by atoms with van der Waals surface area (Å²) in [5.74, 6) is -3.80. The molecule has 0 spiro atoms. The Kier molecular flexibility index (Phi) is 7.20. The van der Waals surface area contributed by atoms with E-state index in [1.807, 2.05) is 6.07 Å². The molecule has 0 aromatic heterocycles. The number of carbonyl (C=O) groups is 2. The topological polar surface area (TPSA) is 111 Å². The summed E-state index contributed by atoms with van der Waals surface area (Å²) < 4.78 is 26.2. The Bertz CT molecular complexity index is 541. The molecular formula is C13H18NO7P. The van der Waals surface area contributed by atoms with Crippen LogP contribution in [0, 0.1) is 0 Å². The molecule has 0 saturated carbocycles. The van der Waals surface area contributed by atoms with Crippen molar-refractivity contribution in [3.63, 3.8) is 0 Å². The number of hydrogen-bond donors (Lipinski definition) is 2. The van der Waals surface area contributed by atoms with E-state index >= 15 is 0 Å². The Morgan fingerprint density at radius 1 is 1.23 bits per heavy atom.